The number of nitrogens with one attached hydrogen (secondary N) is 1. The van der Waals surface area contributed by atoms with Crippen LogP contribution in [0.25, 0.3) is 0 Å². The fourth-order valence-corrected chi connectivity index (χ4v) is 1.69. The minimum atomic E-state index is -0.190. The summed E-state index contributed by atoms with van der Waals surface area (Å²) in [5, 5.41) is 3.29. The highest BCUT2D eigenvalue weighted by Crippen LogP contribution is 2.06. The van der Waals surface area contributed by atoms with Crippen LogP contribution in [0.1, 0.15) is 16.7 Å². The highest BCUT2D eigenvalue weighted by atomic mass is 19.1. The van der Waals surface area contributed by atoms with Crippen molar-refractivity contribution in [2.75, 3.05) is 0 Å². The molecule has 2 nitrogen and oxygen atoms in total. The first kappa shape index (κ1) is 11.7. The Labute approximate surface area is 101 Å². The second-order valence-electron chi connectivity index (χ2n) is 4.04. The summed E-state index contributed by atoms with van der Waals surface area (Å²) in [6.07, 6.45) is 3.63. The average molecular weight is 230 g/mol. The van der Waals surface area contributed by atoms with Crippen molar-refractivity contribution in [3.8, 4) is 0 Å². The van der Waals surface area contributed by atoms with Gasteiger partial charge in [0.25, 0.3) is 0 Å². The molecule has 2 rings (SSSR count). The van der Waals surface area contributed by atoms with Crippen molar-refractivity contribution in [2.45, 2.75) is 20.0 Å². The Balaban J connectivity index is 1.90. The van der Waals surface area contributed by atoms with E-state index < -0.39 is 0 Å². The predicted octanol–water partition coefficient (Wildman–Crippen LogP) is 2.82. The molecular formula is C14H15FN2. The lowest BCUT2D eigenvalue weighted by molar-refractivity contribution is 0.620. The van der Waals surface area contributed by atoms with Crippen molar-refractivity contribution in [1.29, 1.82) is 0 Å². The number of nitrogens with zero attached hydrogens (tertiary/aromatic N) is 1. The maximum Gasteiger partial charge on any atom is 0.123 e. The van der Waals surface area contributed by atoms with Gasteiger partial charge in [-0.25, -0.2) is 4.39 Å². The molecule has 0 bridgehead atoms. The van der Waals surface area contributed by atoms with Crippen LogP contribution in [0, 0.1) is 12.7 Å². The normalized spacial score (nSPS) is 10.5. The summed E-state index contributed by atoms with van der Waals surface area (Å²) in [6, 6.07) is 8.64. The molecule has 0 saturated carbocycles. The van der Waals surface area contributed by atoms with Gasteiger partial charge in [-0.15, -0.1) is 0 Å². The van der Waals surface area contributed by atoms with Crippen LogP contribution in [0.3, 0.4) is 0 Å². The van der Waals surface area contributed by atoms with Gasteiger partial charge in [0.1, 0.15) is 5.82 Å². The number of aromatic nitrogens is 1. The Morgan fingerprint density at radius 2 is 2.12 bits per heavy atom. The molecule has 1 aromatic carbocycles. The van der Waals surface area contributed by atoms with Gasteiger partial charge in [-0.3, -0.25) is 4.98 Å². The number of halogens is 1. The first-order valence-electron chi connectivity index (χ1n) is 5.60. The monoisotopic (exact) mass is 230 g/mol. The van der Waals surface area contributed by atoms with Gasteiger partial charge < -0.3 is 5.32 Å². The molecule has 3 heteroatoms. The zero-order valence-corrected chi connectivity index (χ0v) is 9.78. The highest BCUT2D eigenvalue weighted by Gasteiger charge is 1.98. The summed E-state index contributed by atoms with van der Waals surface area (Å²) in [7, 11) is 0. The van der Waals surface area contributed by atoms with Crippen LogP contribution >= 0.6 is 0 Å². The first-order valence-corrected chi connectivity index (χ1v) is 5.60. The molecule has 1 aromatic heterocycles. The topological polar surface area (TPSA) is 24.9 Å². The van der Waals surface area contributed by atoms with E-state index in [4.69, 9.17) is 0 Å². The van der Waals surface area contributed by atoms with Gasteiger partial charge in [0.05, 0.1) is 0 Å². The fourth-order valence-electron chi connectivity index (χ4n) is 1.69. The lowest BCUT2D eigenvalue weighted by atomic mass is 10.1. The third-order valence-electron chi connectivity index (χ3n) is 2.67. The van der Waals surface area contributed by atoms with Crippen LogP contribution < -0.4 is 5.32 Å². The Bertz CT molecular complexity index is 497. The molecule has 0 unspecified atom stereocenters. The van der Waals surface area contributed by atoms with Crippen molar-refractivity contribution < 1.29 is 4.39 Å². The van der Waals surface area contributed by atoms with E-state index in [2.05, 4.69) is 10.3 Å². The van der Waals surface area contributed by atoms with Gasteiger partial charge in [0.15, 0.2) is 0 Å². The van der Waals surface area contributed by atoms with E-state index in [0.717, 1.165) is 12.1 Å². The number of rotatable bonds is 4. The summed E-state index contributed by atoms with van der Waals surface area (Å²) in [5.41, 5.74) is 3.34. The lowest BCUT2D eigenvalue weighted by Gasteiger charge is -2.07. The van der Waals surface area contributed by atoms with Gasteiger partial charge in [-0.2, -0.15) is 0 Å². The van der Waals surface area contributed by atoms with E-state index >= 15 is 0 Å². The average Bonchev–Trinajstić information content (AvgIpc) is 2.32. The van der Waals surface area contributed by atoms with E-state index in [0.29, 0.717) is 6.54 Å². The molecule has 0 amide bonds. The van der Waals surface area contributed by atoms with E-state index in [1.54, 1.807) is 18.3 Å². The van der Waals surface area contributed by atoms with E-state index in [-0.39, 0.29) is 5.82 Å². The third kappa shape index (κ3) is 3.36. The van der Waals surface area contributed by atoms with Crippen LogP contribution in [0.2, 0.25) is 0 Å². The molecule has 0 atom stereocenters. The van der Waals surface area contributed by atoms with Crippen molar-refractivity contribution >= 4 is 0 Å². The Morgan fingerprint density at radius 3 is 2.88 bits per heavy atom. The van der Waals surface area contributed by atoms with Gasteiger partial charge in [-0.05, 0) is 41.8 Å². The van der Waals surface area contributed by atoms with Crippen molar-refractivity contribution in [2.24, 2.45) is 0 Å². The predicted molar refractivity (Wildman–Crippen MR) is 65.9 cm³/mol. The summed E-state index contributed by atoms with van der Waals surface area (Å²) in [6.45, 7) is 3.47. The summed E-state index contributed by atoms with van der Waals surface area (Å²) in [4.78, 5) is 4.05. The molecule has 0 saturated heterocycles. The van der Waals surface area contributed by atoms with E-state index in [1.165, 1.54) is 17.2 Å². The quantitative estimate of drug-likeness (QED) is 0.873. The van der Waals surface area contributed by atoms with Crippen molar-refractivity contribution in [3.05, 3.63) is 65.2 Å². The van der Waals surface area contributed by atoms with E-state index in [1.807, 2.05) is 25.3 Å². The second kappa shape index (κ2) is 5.55. The largest absolute Gasteiger partial charge is 0.309 e. The molecule has 88 valence electrons. The van der Waals surface area contributed by atoms with Crippen LogP contribution in [-0.4, -0.2) is 4.98 Å². The first-order chi connectivity index (χ1) is 8.25. The van der Waals surface area contributed by atoms with Gasteiger partial charge in [0, 0.05) is 25.5 Å². The Morgan fingerprint density at radius 1 is 1.24 bits per heavy atom. The molecule has 1 N–H and O–H groups in total. The molecule has 0 fully saturated rings. The van der Waals surface area contributed by atoms with Crippen LogP contribution in [-0.2, 0) is 13.1 Å². The zero-order chi connectivity index (χ0) is 12.1. The lowest BCUT2D eigenvalue weighted by Crippen LogP contribution is -2.13. The SMILES string of the molecule is Cc1cnccc1CNCc1cccc(F)c1. The van der Waals surface area contributed by atoms with Gasteiger partial charge in [0.2, 0.25) is 0 Å². The van der Waals surface area contributed by atoms with Crippen LogP contribution in [0.15, 0.2) is 42.7 Å². The number of pyridine rings is 1. The van der Waals surface area contributed by atoms with Gasteiger partial charge >= 0.3 is 0 Å². The Kier molecular flexibility index (Phi) is 3.83. The number of hydrogen-bond donors (Lipinski definition) is 1. The number of hydrogen-bond acceptors (Lipinski definition) is 2. The molecule has 1 heterocycles. The molecule has 0 aliphatic rings. The minimum Gasteiger partial charge on any atom is -0.309 e. The smallest absolute Gasteiger partial charge is 0.123 e. The maximum atomic E-state index is 12.9. The third-order valence-corrected chi connectivity index (χ3v) is 2.67. The maximum absolute atomic E-state index is 12.9. The minimum absolute atomic E-state index is 0.190. The molecule has 2 aromatic rings. The van der Waals surface area contributed by atoms with Crippen LogP contribution in [0.5, 0.6) is 0 Å². The molecule has 0 radical (unpaired) electrons. The summed E-state index contributed by atoms with van der Waals surface area (Å²) >= 11 is 0. The number of benzene rings is 1. The van der Waals surface area contributed by atoms with Crippen molar-refractivity contribution in [1.82, 2.24) is 10.3 Å². The highest BCUT2D eigenvalue weighted by molar-refractivity contribution is 5.21. The fraction of sp³-hybridized carbons (Fsp3) is 0.214. The van der Waals surface area contributed by atoms with E-state index in [9.17, 15) is 4.39 Å². The molecule has 0 aliphatic heterocycles. The van der Waals surface area contributed by atoms with Crippen LogP contribution in [0.4, 0.5) is 4.39 Å². The molecule has 0 spiro atoms. The van der Waals surface area contributed by atoms with Crippen molar-refractivity contribution in [3.63, 3.8) is 0 Å². The van der Waals surface area contributed by atoms with Gasteiger partial charge in [-0.1, -0.05) is 12.1 Å². The molecular weight excluding hydrogens is 215 g/mol. The second-order valence-corrected chi connectivity index (χ2v) is 4.04. The molecule has 0 aliphatic carbocycles. The standard InChI is InChI=1S/C14H15FN2/c1-11-8-16-6-5-13(11)10-17-9-12-3-2-4-14(15)7-12/h2-8,17H,9-10H2,1H3. The summed E-state index contributed by atoms with van der Waals surface area (Å²) in [5.74, 6) is -0.190. The molecule has 17 heavy (non-hydrogen) atoms. The zero-order valence-electron chi connectivity index (χ0n) is 9.78. The summed E-state index contributed by atoms with van der Waals surface area (Å²) < 4.78 is 12.9. The number of aryl methyl sites for hydroxylation is 1. The Hall–Kier alpha value is -1.74.